The summed E-state index contributed by atoms with van der Waals surface area (Å²) in [5.74, 6) is 0.391. The molecule has 2 aromatic rings. The molecule has 1 aliphatic heterocycles. The maximum absolute atomic E-state index is 12.9. The second kappa shape index (κ2) is 7.88. The van der Waals surface area contributed by atoms with Crippen molar-refractivity contribution in [3.8, 4) is 0 Å². The van der Waals surface area contributed by atoms with E-state index in [-0.39, 0.29) is 23.8 Å². The standard InChI is InChI=1S/C21H24N4O2/c26-20(25-11-10-23-14-19(25)17-2-1-9-22-13-17)12-15-3-7-18(8-4-15)24-21(27)16-5-6-16/h1-4,7-9,13,16,19,23H,5-6,10-12,14H2,(H,24,27). The molecule has 1 aromatic heterocycles. The minimum absolute atomic E-state index is 0.0112. The minimum Gasteiger partial charge on any atom is -0.333 e. The predicted octanol–water partition coefficient (Wildman–Crippen LogP) is 2.15. The maximum atomic E-state index is 12.9. The van der Waals surface area contributed by atoms with E-state index in [4.69, 9.17) is 0 Å². The van der Waals surface area contributed by atoms with E-state index in [9.17, 15) is 9.59 Å². The number of pyridine rings is 1. The van der Waals surface area contributed by atoms with E-state index < -0.39 is 0 Å². The van der Waals surface area contributed by atoms with Crippen molar-refractivity contribution in [3.05, 3.63) is 59.9 Å². The normalized spacial score (nSPS) is 19.6. The van der Waals surface area contributed by atoms with Crippen LogP contribution in [-0.4, -0.2) is 41.3 Å². The van der Waals surface area contributed by atoms with Crippen LogP contribution in [0.2, 0.25) is 0 Å². The van der Waals surface area contributed by atoms with Crippen LogP contribution >= 0.6 is 0 Å². The Hall–Kier alpha value is -2.73. The monoisotopic (exact) mass is 364 g/mol. The number of carbonyl (C=O) groups is 2. The molecule has 2 fully saturated rings. The summed E-state index contributed by atoms with van der Waals surface area (Å²) in [6.07, 6.45) is 5.90. The van der Waals surface area contributed by atoms with E-state index in [2.05, 4.69) is 15.6 Å². The molecule has 6 nitrogen and oxygen atoms in total. The van der Waals surface area contributed by atoms with E-state index in [0.29, 0.717) is 13.0 Å². The third-order valence-corrected chi connectivity index (χ3v) is 5.16. The lowest BCUT2D eigenvalue weighted by molar-refractivity contribution is -0.133. The van der Waals surface area contributed by atoms with E-state index >= 15 is 0 Å². The molecule has 6 heteroatoms. The van der Waals surface area contributed by atoms with Crippen LogP contribution in [0.3, 0.4) is 0 Å². The molecule has 1 unspecified atom stereocenters. The van der Waals surface area contributed by atoms with Gasteiger partial charge >= 0.3 is 0 Å². The van der Waals surface area contributed by atoms with Gasteiger partial charge in [0.25, 0.3) is 0 Å². The summed E-state index contributed by atoms with van der Waals surface area (Å²) in [4.78, 5) is 30.9. The molecular weight excluding hydrogens is 340 g/mol. The summed E-state index contributed by atoms with van der Waals surface area (Å²) < 4.78 is 0. The summed E-state index contributed by atoms with van der Waals surface area (Å²) in [6.45, 7) is 2.23. The molecule has 4 rings (SSSR count). The van der Waals surface area contributed by atoms with E-state index in [1.807, 2.05) is 47.5 Å². The Bertz CT molecular complexity index is 803. The number of anilines is 1. The number of amides is 2. The first-order chi connectivity index (χ1) is 13.2. The molecule has 2 heterocycles. The lowest BCUT2D eigenvalue weighted by atomic mass is 10.0. The van der Waals surface area contributed by atoms with Crippen LogP contribution in [0.25, 0.3) is 0 Å². The molecule has 1 saturated carbocycles. The molecule has 0 spiro atoms. The molecule has 140 valence electrons. The fourth-order valence-electron chi connectivity index (χ4n) is 3.45. The smallest absolute Gasteiger partial charge is 0.227 e. The number of aromatic nitrogens is 1. The molecule has 1 aliphatic carbocycles. The van der Waals surface area contributed by atoms with Gasteiger partial charge in [-0.05, 0) is 42.2 Å². The van der Waals surface area contributed by atoms with Crippen molar-refractivity contribution < 1.29 is 9.59 Å². The molecule has 2 amide bonds. The fourth-order valence-corrected chi connectivity index (χ4v) is 3.45. The van der Waals surface area contributed by atoms with Crippen molar-refractivity contribution in [2.45, 2.75) is 25.3 Å². The molecule has 2 N–H and O–H groups in total. The summed E-state index contributed by atoms with van der Waals surface area (Å²) >= 11 is 0. The first-order valence-corrected chi connectivity index (χ1v) is 9.50. The van der Waals surface area contributed by atoms with Gasteiger partial charge in [0, 0.05) is 43.6 Å². The second-order valence-corrected chi connectivity index (χ2v) is 7.23. The zero-order valence-corrected chi connectivity index (χ0v) is 15.2. The third kappa shape index (κ3) is 4.34. The Kier molecular flexibility index (Phi) is 5.16. The van der Waals surface area contributed by atoms with Gasteiger partial charge in [-0.1, -0.05) is 18.2 Å². The molecule has 27 heavy (non-hydrogen) atoms. The van der Waals surface area contributed by atoms with Gasteiger partial charge in [-0.2, -0.15) is 0 Å². The minimum atomic E-state index is 0.0112. The van der Waals surface area contributed by atoms with Gasteiger partial charge in [-0.25, -0.2) is 0 Å². The van der Waals surface area contributed by atoms with Crippen molar-refractivity contribution in [2.75, 3.05) is 25.0 Å². The third-order valence-electron chi connectivity index (χ3n) is 5.16. The Balaban J connectivity index is 1.40. The van der Waals surface area contributed by atoms with Gasteiger partial charge in [0.05, 0.1) is 12.5 Å². The quantitative estimate of drug-likeness (QED) is 0.853. The highest BCUT2D eigenvalue weighted by molar-refractivity contribution is 5.94. The summed E-state index contributed by atoms with van der Waals surface area (Å²) in [6, 6.07) is 11.5. The predicted molar refractivity (Wildman–Crippen MR) is 103 cm³/mol. The van der Waals surface area contributed by atoms with Gasteiger partial charge in [-0.15, -0.1) is 0 Å². The zero-order valence-electron chi connectivity index (χ0n) is 15.2. The van der Waals surface area contributed by atoms with Crippen molar-refractivity contribution in [3.63, 3.8) is 0 Å². The van der Waals surface area contributed by atoms with Crippen molar-refractivity contribution in [1.82, 2.24) is 15.2 Å². The maximum Gasteiger partial charge on any atom is 0.227 e. The molecule has 0 bridgehead atoms. The molecule has 1 atom stereocenters. The van der Waals surface area contributed by atoms with Crippen LogP contribution in [-0.2, 0) is 16.0 Å². The van der Waals surface area contributed by atoms with Crippen LogP contribution in [0.5, 0.6) is 0 Å². The summed E-state index contributed by atoms with van der Waals surface area (Å²) in [5.41, 5.74) is 2.79. The number of benzene rings is 1. The Labute approximate surface area is 159 Å². The van der Waals surface area contributed by atoms with E-state index in [1.54, 1.807) is 6.20 Å². The SMILES string of the molecule is O=C(Nc1ccc(CC(=O)N2CCNCC2c2cccnc2)cc1)C1CC1. The van der Waals surface area contributed by atoms with Gasteiger partial charge in [0.15, 0.2) is 0 Å². The highest BCUT2D eigenvalue weighted by atomic mass is 16.2. The van der Waals surface area contributed by atoms with Gasteiger partial charge in [0.2, 0.25) is 11.8 Å². The van der Waals surface area contributed by atoms with Gasteiger partial charge in [-0.3, -0.25) is 14.6 Å². The van der Waals surface area contributed by atoms with Gasteiger partial charge in [0.1, 0.15) is 0 Å². The van der Waals surface area contributed by atoms with Crippen molar-refractivity contribution in [1.29, 1.82) is 0 Å². The largest absolute Gasteiger partial charge is 0.333 e. The highest BCUT2D eigenvalue weighted by Gasteiger charge is 2.30. The van der Waals surface area contributed by atoms with Crippen LogP contribution in [0.1, 0.15) is 30.0 Å². The lowest BCUT2D eigenvalue weighted by Crippen LogP contribution is -2.49. The number of carbonyl (C=O) groups excluding carboxylic acids is 2. The van der Waals surface area contributed by atoms with Gasteiger partial charge < -0.3 is 15.5 Å². The molecular formula is C21H24N4O2. The zero-order chi connectivity index (χ0) is 18.6. The first kappa shape index (κ1) is 17.7. The summed E-state index contributed by atoms with van der Waals surface area (Å²) in [5, 5.41) is 6.29. The molecule has 1 saturated heterocycles. The highest BCUT2D eigenvalue weighted by Crippen LogP contribution is 2.30. The van der Waals surface area contributed by atoms with Crippen LogP contribution in [0.15, 0.2) is 48.8 Å². The number of nitrogens with one attached hydrogen (secondary N) is 2. The molecule has 1 aromatic carbocycles. The summed E-state index contributed by atoms with van der Waals surface area (Å²) in [7, 11) is 0. The van der Waals surface area contributed by atoms with Crippen LogP contribution < -0.4 is 10.6 Å². The topological polar surface area (TPSA) is 74.3 Å². The number of hydrogen-bond donors (Lipinski definition) is 2. The molecule has 0 radical (unpaired) electrons. The Morgan fingerprint density at radius 1 is 1.19 bits per heavy atom. The number of hydrogen-bond acceptors (Lipinski definition) is 4. The number of piperazine rings is 1. The van der Waals surface area contributed by atoms with Crippen LogP contribution in [0, 0.1) is 5.92 Å². The van der Waals surface area contributed by atoms with E-state index in [0.717, 1.165) is 42.7 Å². The lowest BCUT2D eigenvalue weighted by Gasteiger charge is -2.36. The number of nitrogens with zero attached hydrogens (tertiary/aromatic N) is 2. The second-order valence-electron chi connectivity index (χ2n) is 7.23. The fraction of sp³-hybridized carbons (Fsp3) is 0.381. The van der Waals surface area contributed by atoms with Crippen molar-refractivity contribution >= 4 is 17.5 Å². The van der Waals surface area contributed by atoms with E-state index in [1.165, 1.54) is 0 Å². The van der Waals surface area contributed by atoms with Crippen molar-refractivity contribution in [2.24, 2.45) is 5.92 Å². The molecule has 2 aliphatic rings. The number of rotatable bonds is 5. The van der Waals surface area contributed by atoms with Crippen LogP contribution in [0.4, 0.5) is 5.69 Å². The Morgan fingerprint density at radius 2 is 2.00 bits per heavy atom. The average molecular weight is 364 g/mol. The average Bonchev–Trinajstić information content (AvgIpc) is 3.55. The Morgan fingerprint density at radius 3 is 2.70 bits per heavy atom. The first-order valence-electron chi connectivity index (χ1n) is 9.50.